The predicted octanol–water partition coefficient (Wildman–Crippen LogP) is 2.99. The second-order valence-electron chi connectivity index (χ2n) is 6.12. The Morgan fingerprint density at radius 1 is 1.44 bits per heavy atom. The lowest BCUT2D eigenvalue weighted by molar-refractivity contribution is 0.420. The van der Waals surface area contributed by atoms with Crippen molar-refractivity contribution in [2.24, 2.45) is 5.73 Å². The molecule has 1 aromatic heterocycles. The van der Waals surface area contributed by atoms with Gasteiger partial charge in [-0.1, -0.05) is 27.7 Å². The van der Waals surface area contributed by atoms with E-state index in [-0.39, 0.29) is 10.8 Å². The highest BCUT2D eigenvalue weighted by Crippen LogP contribution is 2.41. The van der Waals surface area contributed by atoms with Crippen LogP contribution >= 0.6 is 11.3 Å². The third-order valence-electron chi connectivity index (χ3n) is 3.63. The van der Waals surface area contributed by atoms with Gasteiger partial charge in [0.2, 0.25) is 0 Å². The van der Waals surface area contributed by atoms with Gasteiger partial charge in [-0.2, -0.15) is 0 Å². The van der Waals surface area contributed by atoms with Crippen molar-refractivity contribution in [3.63, 3.8) is 0 Å². The van der Waals surface area contributed by atoms with Crippen LogP contribution in [0.2, 0.25) is 0 Å². The maximum absolute atomic E-state index is 5.83. The average molecular weight is 238 g/mol. The summed E-state index contributed by atoms with van der Waals surface area (Å²) in [4.78, 5) is 6.38. The van der Waals surface area contributed by atoms with Crippen LogP contribution in [-0.4, -0.2) is 11.5 Å². The summed E-state index contributed by atoms with van der Waals surface area (Å²) < 4.78 is 0. The molecular formula is C13H22N2S. The van der Waals surface area contributed by atoms with Crippen LogP contribution in [0.15, 0.2) is 0 Å². The highest BCUT2D eigenvalue weighted by atomic mass is 32.1. The molecule has 0 aliphatic heterocycles. The van der Waals surface area contributed by atoms with E-state index in [2.05, 4.69) is 27.7 Å². The molecule has 0 spiro atoms. The SMILES string of the molecule is CC(C)(CN)c1nc2c(s1)CCCC2(C)C. The summed E-state index contributed by atoms with van der Waals surface area (Å²) >= 11 is 1.88. The van der Waals surface area contributed by atoms with Crippen molar-refractivity contribution in [2.75, 3.05) is 6.54 Å². The Labute approximate surface area is 102 Å². The van der Waals surface area contributed by atoms with Gasteiger partial charge in [0.1, 0.15) is 0 Å². The third-order valence-corrected chi connectivity index (χ3v) is 5.11. The van der Waals surface area contributed by atoms with Crippen molar-refractivity contribution in [3.05, 3.63) is 15.6 Å². The molecule has 0 aromatic carbocycles. The first-order valence-electron chi connectivity index (χ1n) is 6.07. The minimum absolute atomic E-state index is 0.0259. The van der Waals surface area contributed by atoms with E-state index in [1.165, 1.54) is 34.8 Å². The number of aryl methyl sites for hydroxylation is 1. The molecule has 3 heteroatoms. The van der Waals surface area contributed by atoms with Gasteiger partial charge in [0.25, 0.3) is 0 Å². The van der Waals surface area contributed by atoms with E-state index in [9.17, 15) is 0 Å². The fourth-order valence-electron chi connectivity index (χ4n) is 2.24. The van der Waals surface area contributed by atoms with Gasteiger partial charge in [-0.15, -0.1) is 11.3 Å². The third kappa shape index (κ3) is 1.91. The molecule has 1 aromatic rings. The van der Waals surface area contributed by atoms with Crippen molar-refractivity contribution in [1.29, 1.82) is 0 Å². The molecule has 1 aliphatic rings. The van der Waals surface area contributed by atoms with E-state index in [4.69, 9.17) is 10.7 Å². The van der Waals surface area contributed by atoms with E-state index in [0.29, 0.717) is 6.54 Å². The molecule has 0 atom stereocenters. The van der Waals surface area contributed by atoms with Crippen molar-refractivity contribution >= 4 is 11.3 Å². The molecule has 2 N–H and O–H groups in total. The van der Waals surface area contributed by atoms with E-state index >= 15 is 0 Å². The fraction of sp³-hybridized carbons (Fsp3) is 0.769. The first-order chi connectivity index (χ1) is 7.37. The fourth-order valence-corrected chi connectivity index (χ4v) is 3.63. The maximum Gasteiger partial charge on any atom is 0.1000 e. The molecule has 0 bridgehead atoms. The Bertz CT molecular complexity index is 391. The average Bonchev–Trinajstić information content (AvgIpc) is 2.63. The number of aromatic nitrogens is 1. The molecule has 1 heterocycles. The van der Waals surface area contributed by atoms with Crippen molar-refractivity contribution in [1.82, 2.24) is 4.98 Å². The lowest BCUT2D eigenvalue weighted by atomic mass is 9.79. The summed E-state index contributed by atoms with van der Waals surface area (Å²) in [5.41, 5.74) is 7.45. The van der Waals surface area contributed by atoms with Gasteiger partial charge in [-0.25, -0.2) is 4.98 Å². The van der Waals surface area contributed by atoms with Gasteiger partial charge in [0.05, 0.1) is 10.7 Å². The summed E-state index contributed by atoms with van der Waals surface area (Å²) in [5, 5.41) is 1.22. The first kappa shape index (κ1) is 12.1. The summed E-state index contributed by atoms with van der Waals surface area (Å²) in [6.45, 7) is 9.66. The molecule has 0 fully saturated rings. The number of hydrogen-bond acceptors (Lipinski definition) is 3. The van der Waals surface area contributed by atoms with Gasteiger partial charge < -0.3 is 5.73 Å². The second-order valence-corrected chi connectivity index (χ2v) is 7.20. The van der Waals surface area contributed by atoms with Crippen LogP contribution in [0.25, 0.3) is 0 Å². The van der Waals surface area contributed by atoms with Crippen LogP contribution in [0.3, 0.4) is 0 Å². The van der Waals surface area contributed by atoms with E-state index in [1.807, 2.05) is 11.3 Å². The van der Waals surface area contributed by atoms with Crippen LogP contribution in [0.4, 0.5) is 0 Å². The molecule has 0 saturated heterocycles. The zero-order valence-electron chi connectivity index (χ0n) is 10.8. The number of fused-ring (bicyclic) bond motifs is 1. The Hall–Kier alpha value is -0.410. The van der Waals surface area contributed by atoms with Gasteiger partial charge >= 0.3 is 0 Å². The lowest BCUT2D eigenvalue weighted by Gasteiger charge is -2.28. The van der Waals surface area contributed by atoms with Crippen molar-refractivity contribution in [3.8, 4) is 0 Å². The monoisotopic (exact) mass is 238 g/mol. The number of nitrogens with two attached hydrogens (primary N) is 1. The molecule has 2 nitrogen and oxygen atoms in total. The molecule has 2 rings (SSSR count). The maximum atomic E-state index is 5.83. The molecule has 16 heavy (non-hydrogen) atoms. The van der Waals surface area contributed by atoms with Crippen molar-refractivity contribution < 1.29 is 0 Å². The number of thiazole rings is 1. The molecule has 0 amide bonds. The van der Waals surface area contributed by atoms with E-state index in [0.717, 1.165) is 0 Å². The number of rotatable bonds is 2. The van der Waals surface area contributed by atoms with Crippen LogP contribution in [0, 0.1) is 0 Å². The molecule has 0 radical (unpaired) electrons. The zero-order valence-corrected chi connectivity index (χ0v) is 11.6. The molecule has 0 saturated carbocycles. The van der Waals surface area contributed by atoms with E-state index in [1.54, 1.807) is 0 Å². The van der Waals surface area contributed by atoms with Crippen LogP contribution < -0.4 is 5.73 Å². The minimum atomic E-state index is 0.0259. The molecular weight excluding hydrogens is 216 g/mol. The summed E-state index contributed by atoms with van der Waals surface area (Å²) in [7, 11) is 0. The standard InChI is InChI=1S/C13H22N2S/c1-12(2)7-5-6-9-10(12)15-11(16-9)13(3,4)8-14/h5-8,14H2,1-4H3. The Morgan fingerprint density at radius 2 is 2.12 bits per heavy atom. The first-order valence-corrected chi connectivity index (χ1v) is 6.89. The summed E-state index contributed by atoms with van der Waals surface area (Å²) in [6.07, 6.45) is 3.76. The Kier molecular flexibility index (Phi) is 2.87. The number of nitrogens with zero attached hydrogens (tertiary/aromatic N) is 1. The highest BCUT2D eigenvalue weighted by molar-refractivity contribution is 7.12. The minimum Gasteiger partial charge on any atom is -0.330 e. The van der Waals surface area contributed by atoms with Gasteiger partial charge in [0.15, 0.2) is 0 Å². The highest BCUT2D eigenvalue weighted by Gasteiger charge is 2.33. The second kappa shape index (κ2) is 3.81. The topological polar surface area (TPSA) is 38.9 Å². The van der Waals surface area contributed by atoms with Gasteiger partial charge in [0, 0.05) is 22.3 Å². The normalized spacial score (nSPS) is 19.6. The summed E-state index contributed by atoms with van der Waals surface area (Å²) in [5.74, 6) is 0. The predicted molar refractivity (Wildman–Crippen MR) is 70.2 cm³/mol. The van der Waals surface area contributed by atoms with Gasteiger partial charge in [-0.05, 0) is 19.3 Å². The van der Waals surface area contributed by atoms with E-state index < -0.39 is 0 Å². The van der Waals surface area contributed by atoms with Crippen LogP contribution in [0.1, 0.15) is 56.1 Å². The molecule has 1 aliphatic carbocycles. The zero-order chi connectivity index (χ0) is 12.0. The largest absolute Gasteiger partial charge is 0.330 e. The quantitative estimate of drug-likeness (QED) is 0.860. The molecule has 90 valence electrons. The number of hydrogen-bond donors (Lipinski definition) is 1. The van der Waals surface area contributed by atoms with Crippen LogP contribution in [-0.2, 0) is 17.3 Å². The van der Waals surface area contributed by atoms with Crippen LogP contribution in [0.5, 0.6) is 0 Å². The Morgan fingerprint density at radius 3 is 2.69 bits per heavy atom. The smallest absolute Gasteiger partial charge is 0.1000 e. The Balaban J connectivity index is 2.44. The van der Waals surface area contributed by atoms with Crippen molar-refractivity contribution in [2.45, 2.75) is 57.8 Å². The summed E-state index contributed by atoms with van der Waals surface area (Å²) in [6, 6.07) is 0. The van der Waals surface area contributed by atoms with Gasteiger partial charge in [-0.3, -0.25) is 0 Å². The lowest BCUT2D eigenvalue weighted by Crippen LogP contribution is -2.28. The molecule has 0 unspecified atom stereocenters.